The minimum Gasteiger partial charge on any atom is -0.378 e. The first-order chi connectivity index (χ1) is 18.3. The largest absolute Gasteiger partial charge is 0.378 e. The van der Waals surface area contributed by atoms with Crippen molar-refractivity contribution in [1.82, 2.24) is 19.9 Å². The van der Waals surface area contributed by atoms with Crippen LogP contribution in [0.25, 0.3) is 11.1 Å². The van der Waals surface area contributed by atoms with E-state index < -0.39 is 4.92 Å². The van der Waals surface area contributed by atoms with Crippen LogP contribution in [0.15, 0.2) is 67.0 Å². The van der Waals surface area contributed by atoms with Gasteiger partial charge >= 0.3 is 5.69 Å². The van der Waals surface area contributed by atoms with Crippen LogP contribution in [0.2, 0.25) is 10.0 Å². The van der Waals surface area contributed by atoms with E-state index in [0.29, 0.717) is 54.0 Å². The van der Waals surface area contributed by atoms with E-state index in [2.05, 4.69) is 20.6 Å². The molecule has 0 atom stereocenters. The van der Waals surface area contributed by atoms with Gasteiger partial charge in [0.1, 0.15) is 11.5 Å². The maximum absolute atomic E-state index is 13.1. The molecule has 0 aliphatic heterocycles. The van der Waals surface area contributed by atoms with Gasteiger partial charge in [-0.1, -0.05) is 35.3 Å². The average molecular weight is 554 g/mol. The first-order valence-electron chi connectivity index (χ1n) is 11.8. The Morgan fingerprint density at radius 1 is 1.11 bits per heavy atom. The number of aromatic nitrogens is 3. The number of nitrogen functional groups attached to an aromatic ring is 1. The van der Waals surface area contributed by atoms with Crippen molar-refractivity contribution in [2.75, 3.05) is 24.1 Å². The van der Waals surface area contributed by atoms with Crippen LogP contribution in [0.5, 0.6) is 0 Å². The van der Waals surface area contributed by atoms with Gasteiger partial charge in [0.05, 0.1) is 4.92 Å². The molecule has 38 heavy (non-hydrogen) atoms. The second-order valence-corrected chi connectivity index (χ2v) is 9.24. The van der Waals surface area contributed by atoms with Crippen LogP contribution in [0, 0.1) is 10.1 Å². The number of hydrogen-bond donors (Lipinski definition) is 3. The monoisotopic (exact) mass is 553 g/mol. The zero-order valence-corrected chi connectivity index (χ0v) is 21.7. The topological polar surface area (TPSA) is 141 Å². The second-order valence-electron chi connectivity index (χ2n) is 8.40. The van der Waals surface area contributed by atoms with E-state index in [9.17, 15) is 14.9 Å². The number of nitrogens with zero attached hydrogens (tertiary/aromatic N) is 4. The quantitative estimate of drug-likeness (QED) is 0.131. The predicted octanol–water partition coefficient (Wildman–Crippen LogP) is 5.22. The van der Waals surface area contributed by atoms with Crippen LogP contribution in [-0.4, -0.2) is 38.5 Å². The molecule has 4 aromatic rings. The summed E-state index contributed by atoms with van der Waals surface area (Å²) in [5.74, 6) is 0.0660. The molecule has 0 aliphatic carbocycles. The molecule has 0 unspecified atom stereocenters. The number of aryl methyl sites for hydroxylation is 1. The molecule has 12 heteroatoms. The van der Waals surface area contributed by atoms with Crippen LogP contribution < -0.4 is 16.4 Å². The van der Waals surface area contributed by atoms with E-state index in [1.54, 1.807) is 24.4 Å². The Balaban J connectivity index is 1.45. The van der Waals surface area contributed by atoms with E-state index in [1.165, 1.54) is 12.1 Å². The normalized spacial score (nSPS) is 10.8. The number of halogens is 2. The molecular formula is C26H25Cl2N7O3. The second kappa shape index (κ2) is 12.4. The van der Waals surface area contributed by atoms with Crippen molar-refractivity contribution in [2.45, 2.75) is 19.4 Å². The summed E-state index contributed by atoms with van der Waals surface area (Å²) in [6, 6.07) is 15.5. The number of anilines is 2. The highest BCUT2D eigenvalue weighted by molar-refractivity contribution is 6.36. The maximum Gasteiger partial charge on any atom is 0.311 e. The van der Waals surface area contributed by atoms with Crippen molar-refractivity contribution >= 4 is 46.4 Å². The van der Waals surface area contributed by atoms with Crippen molar-refractivity contribution in [3.05, 3.63) is 98.5 Å². The molecule has 196 valence electrons. The number of pyridine rings is 2. The van der Waals surface area contributed by atoms with Crippen LogP contribution in [-0.2, 0) is 13.0 Å². The summed E-state index contributed by atoms with van der Waals surface area (Å²) in [4.78, 5) is 31.8. The number of rotatable bonds is 11. The summed E-state index contributed by atoms with van der Waals surface area (Å²) in [6.07, 6.45) is 4.84. The van der Waals surface area contributed by atoms with Crippen LogP contribution in [0.1, 0.15) is 22.6 Å². The van der Waals surface area contributed by atoms with E-state index in [1.807, 2.05) is 35.0 Å². The Morgan fingerprint density at radius 3 is 2.66 bits per heavy atom. The summed E-state index contributed by atoms with van der Waals surface area (Å²) in [7, 11) is 0. The number of amides is 1. The third-order valence-corrected chi connectivity index (χ3v) is 6.29. The van der Waals surface area contributed by atoms with E-state index in [0.717, 1.165) is 16.8 Å². The minimum atomic E-state index is -0.578. The molecule has 3 heterocycles. The van der Waals surface area contributed by atoms with Crippen molar-refractivity contribution < 1.29 is 9.72 Å². The molecule has 4 N–H and O–H groups in total. The molecular weight excluding hydrogens is 529 g/mol. The third-order valence-electron chi connectivity index (χ3n) is 5.75. The third kappa shape index (κ3) is 6.78. The lowest BCUT2D eigenvalue weighted by atomic mass is 10.1. The molecule has 1 aromatic carbocycles. The van der Waals surface area contributed by atoms with E-state index in [-0.39, 0.29) is 17.4 Å². The van der Waals surface area contributed by atoms with Gasteiger partial charge in [0, 0.05) is 71.4 Å². The number of benzene rings is 1. The van der Waals surface area contributed by atoms with Crippen molar-refractivity contribution in [2.24, 2.45) is 0 Å². The Bertz CT molecular complexity index is 1440. The standard InChI is InChI=1S/C26H25Cl2N7O3/c27-18-5-6-20(21(28)15-18)17-14-23(26(36)32-12-9-19-4-1-2-10-30-19)34(16-17)13-3-11-31-24-8-7-22(35(37)38)25(29)33-24/h1-2,4-8,10,14-16H,3,9,11-13H2,(H,32,36)(H3,29,31,33). The van der Waals surface area contributed by atoms with Gasteiger partial charge in [-0.2, -0.15) is 0 Å². The number of carbonyl (C=O) groups is 1. The lowest BCUT2D eigenvalue weighted by Crippen LogP contribution is -2.28. The SMILES string of the molecule is Nc1nc(NCCCn2cc(-c3ccc(Cl)cc3Cl)cc2C(=O)NCCc2ccccn2)ccc1[N+](=O)[O-]. The summed E-state index contributed by atoms with van der Waals surface area (Å²) in [6.45, 7) is 1.46. The van der Waals surface area contributed by atoms with Gasteiger partial charge in [-0.3, -0.25) is 19.9 Å². The highest BCUT2D eigenvalue weighted by atomic mass is 35.5. The summed E-state index contributed by atoms with van der Waals surface area (Å²) >= 11 is 12.5. The molecule has 0 aliphatic rings. The van der Waals surface area contributed by atoms with Gasteiger partial charge in [-0.25, -0.2) is 4.98 Å². The molecule has 10 nitrogen and oxygen atoms in total. The smallest absolute Gasteiger partial charge is 0.311 e. The highest BCUT2D eigenvalue weighted by Crippen LogP contribution is 2.32. The summed E-state index contributed by atoms with van der Waals surface area (Å²) in [5.41, 5.74) is 8.36. The first-order valence-corrected chi connectivity index (χ1v) is 12.6. The molecule has 0 spiro atoms. The Hall–Kier alpha value is -4.15. The zero-order chi connectivity index (χ0) is 27.1. The average Bonchev–Trinajstić information content (AvgIpc) is 3.31. The number of nitro groups is 1. The van der Waals surface area contributed by atoms with Gasteiger partial charge in [-0.05, 0) is 42.8 Å². The summed E-state index contributed by atoms with van der Waals surface area (Å²) < 4.78 is 1.87. The van der Waals surface area contributed by atoms with Crippen LogP contribution >= 0.6 is 23.2 Å². The molecule has 0 saturated heterocycles. The van der Waals surface area contributed by atoms with E-state index in [4.69, 9.17) is 28.9 Å². The molecule has 3 aromatic heterocycles. The van der Waals surface area contributed by atoms with Gasteiger partial charge in [-0.15, -0.1) is 0 Å². The van der Waals surface area contributed by atoms with Crippen LogP contribution in [0.3, 0.4) is 0 Å². The molecule has 0 bridgehead atoms. The molecule has 4 rings (SSSR count). The van der Waals surface area contributed by atoms with Gasteiger partial charge in [0.2, 0.25) is 5.82 Å². The predicted molar refractivity (Wildman–Crippen MR) is 149 cm³/mol. The molecule has 0 radical (unpaired) electrons. The van der Waals surface area contributed by atoms with Gasteiger partial charge in [0.25, 0.3) is 5.91 Å². The van der Waals surface area contributed by atoms with E-state index >= 15 is 0 Å². The number of nitrogens with one attached hydrogen (secondary N) is 2. The number of carbonyl (C=O) groups excluding carboxylic acids is 1. The van der Waals surface area contributed by atoms with Crippen LogP contribution in [0.4, 0.5) is 17.3 Å². The van der Waals surface area contributed by atoms with Gasteiger partial charge in [0.15, 0.2) is 0 Å². The van der Waals surface area contributed by atoms with Crippen molar-refractivity contribution in [3.63, 3.8) is 0 Å². The van der Waals surface area contributed by atoms with Gasteiger partial charge < -0.3 is 20.9 Å². The fraction of sp³-hybridized carbons (Fsp3) is 0.192. The Kier molecular flexibility index (Phi) is 8.77. The summed E-state index contributed by atoms with van der Waals surface area (Å²) in [5, 5.41) is 18.0. The fourth-order valence-electron chi connectivity index (χ4n) is 3.88. The number of nitrogens with two attached hydrogens (primary N) is 1. The zero-order valence-electron chi connectivity index (χ0n) is 20.2. The number of hydrogen-bond acceptors (Lipinski definition) is 7. The maximum atomic E-state index is 13.1. The Morgan fingerprint density at radius 2 is 1.95 bits per heavy atom. The highest BCUT2D eigenvalue weighted by Gasteiger charge is 2.17. The first kappa shape index (κ1) is 26.9. The molecule has 1 amide bonds. The molecule has 0 saturated carbocycles. The van der Waals surface area contributed by atoms with Crippen molar-refractivity contribution in [3.8, 4) is 11.1 Å². The fourth-order valence-corrected chi connectivity index (χ4v) is 4.40. The lowest BCUT2D eigenvalue weighted by Gasteiger charge is -2.11. The molecule has 0 fully saturated rings. The van der Waals surface area contributed by atoms with Crippen molar-refractivity contribution in [1.29, 1.82) is 0 Å². The minimum absolute atomic E-state index is 0.153. The Labute approximate surface area is 229 Å². The lowest BCUT2D eigenvalue weighted by molar-refractivity contribution is -0.384.